The number of rotatable bonds is 9. The third-order valence-corrected chi connectivity index (χ3v) is 2.37. The third-order valence-electron chi connectivity index (χ3n) is 2.37. The molecule has 0 aromatic rings. The van der Waals surface area contributed by atoms with E-state index in [4.69, 9.17) is 0 Å². The molecule has 0 rings (SSSR count). The first-order chi connectivity index (χ1) is 6.56. The van der Waals surface area contributed by atoms with Gasteiger partial charge in [-0.2, -0.15) is 0 Å². The first-order valence-electron chi connectivity index (χ1n) is 5.73. The van der Waals surface area contributed by atoms with Gasteiger partial charge in [0.1, 0.15) is 0 Å². The average Bonchev–Trinajstić information content (AvgIpc) is 2.08. The SMILES string of the molecule is [CH2]CCCCCCCCCC(C)(F)F. The van der Waals surface area contributed by atoms with E-state index in [9.17, 15) is 8.78 Å². The minimum Gasteiger partial charge on any atom is -0.207 e. The topological polar surface area (TPSA) is 0 Å². The molecular formula is C12H23F2. The van der Waals surface area contributed by atoms with Gasteiger partial charge in [-0.05, 0) is 13.3 Å². The van der Waals surface area contributed by atoms with E-state index in [2.05, 4.69) is 6.92 Å². The zero-order valence-electron chi connectivity index (χ0n) is 9.33. The van der Waals surface area contributed by atoms with E-state index in [0.29, 0.717) is 6.42 Å². The molecule has 0 aromatic carbocycles. The molecule has 0 amide bonds. The van der Waals surface area contributed by atoms with Crippen LogP contribution in [0, 0.1) is 6.92 Å². The maximum Gasteiger partial charge on any atom is 0.245 e. The molecule has 85 valence electrons. The van der Waals surface area contributed by atoms with Crippen molar-refractivity contribution in [2.75, 3.05) is 0 Å². The number of halogens is 2. The van der Waals surface area contributed by atoms with Crippen LogP contribution in [-0.2, 0) is 0 Å². The first-order valence-corrected chi connectivity index (χ1v) is 5.73. The van der Waals surface area contributed by atoms with Crippen LogP contribution < -0.4 is 0 Å². The van der Waals surface area contributed by atoms with Crippen molar-refractivity contribution in [1.82, 2.24) is 0 Å². The van der Waals surface area contributed by atoms with Crippen LogP contribution in [0.5, 0.6) is 0 Å². The zero-order chi connectivity index (χ0) is 10.9. The van der Waals surface area contributed by atoms with E-state index in [1.807, 2.05) is 0 Å². The summed E-state index contributed by atoms with van der Waals surface area (Å²) in [5.41, 5.74) is 0. The highest BCUT2D eigenvalue weighted by Crippen LogP contribution is 2.20. The Labute approximate surface area is 87.1 Å². The molecule has 1 radical (unpaired) electrons. The van der Waals surface area contributed by atoms with Crippen molar-refractivity contribution in [3.05, 3.63) is 6.92 Å². The minimum atomic E-state index is -2.46. The molecule has 0 saturated carbocycles. The highest BCUT2D eigenvalue weighted by Gasteiger charge is 2.19. The first kappa shape index (κ1) is 13.9. The summed E-state index contributed by atoms with van der Waals surface area (Å²) < 4.78 is 24.8. The second kappa shape index (κ2) is 8.19. The van der Waals surface area contributed by atoms with Crippen LogP contribution in [0.25, 0.3) is 0 Å². The number of unbranched alkanes of at least 4 members (excludes halogenated alkanes) is 7. The van der Waals surface area contributed by atoms with Crippen LogP contribution >= 0.6 is 0 Å². The van der Waals surface area contributed by atoms with Crippen molar-refractivity contribution in [1.29, 1.82) is 0 Å². The maximum atomic E-state index is 12.4. The number of hydrogen-bond acceptors (Lipinski definition) is 0. The lowest BCUT2D eigenvalue weighted by atomic mass is 10.1. The van der Waals surface area contributed by atoms with Crippen molar-refractivity contribution < 1.29 is 8.78 Å². The molecule has 14 heavy (non-hydrogen) atoms. The standard InChI is InChI=1S/C12H23F2/c1-3-4-5-6-7-8-9-10-11-12(2,13)14/h1,3-11H2,2H3. The van der Waals surface area contributed by atoms with Crippen LogP contribution in [0.2, 0.25) is 0 Å². The van der Waals surface area contributed by atoms with Crippen molar-refractivity contribution in [2.24, 2.45) is 0 Å². The van der Waals surface area contributed by atoms with Gasteiger partial charge in [0.05, 0.1) is 0 Å². The van der Waals surface area contributed by atoms with E-state index in [-0.39, 0.29) is 6.42 Å². The maximum absolute atomic E-state index is 12.4. The Morgan fingerprint density at radius 3 is 1.71 bits per heavy atom. The molecule has 0 fully saturated rings. The Balaban J connectivity index is 2.99. The highest BCUT2D eigenvalue weighted by atomic mass is 19.3. The lowest BCUT2D eigenvalue weighted by Gasteiger charge is -2.08. The molecule has 0 aliphatic carbocycles. The molecule has 2 heteroatoms. The van der Waals surface area contributed by atoms with Gasteiger partial charge in [-0.1, -0.05) is 51.9 Å². The van der Waals surface area contributed by atoms with Crippen LogP contribution in [-0.4, -0.2) is 5.92 Å². The summed E-state index contributed by atoms with van der Waals surface area (Å²) in [6.07, 6.45) is 8.65. The molecule has 0 unspecified atom stereocenters. The molecule has 0 aliphatic heterocycles. The van der Waals surface area contributed by atoms with Gasteiger partial charge in [-0.3, -0.25) is 0 Å². The van der Waals surface area contributed by atoms with Crippen LogP contribution in [0.3, 0.4) is 0 Å². The third kappa shape index (κ3) is 11.9. The predicted octanol–water partition coefficient (Wildman–Crippen LogP) is 4.99. The number of alkyl halides is 2. The van der Waals surface area contributed by atoms with Crippen molar-refractivity contribution in [3.63, 3.8) is 0 Å². The van der Waals surface area contributed by atoms with Gasteiger partial charge in [0, 0.05) is 6.42 Å². The Morgan fingerprint density at radius 1 is 0.857 bits per heavy atom. The largest absolute Gasteiger partial charge is 0.245 e. The fourth-order valence-electron chi connectivity index (χ4n) is 1.50. The van der Waals surface area contributed by atoms with Crippen LogP contribution in [0.15, 0.2) is 0 Å². The summed E-state index contributed by atoms with van der Waals surface area (Å²) in [6.45, 7) is 4.78. The van der Waals surface area contributed by atoms with Gasteiger partial charge in [-0.25, -0.2) is 8.78 Å². The molecule has 0 N–H and O–H groups in total. The van der Waals surface area contributed by atoms with Gasteiger partial charge < -0.3 is 0 Å². The lowest BCUT2D eigenvalue weighted by Crippen LogP contribution is -2.08. The second-order valence-electron chi connectivity index (χ2n) is 4.15. The fourth-order valence-corrected chi connectivity index (χ4v) is 1.50. The fraction of sp³-hybridized carbons (Fsp3) is 0.917. The average molecular weight is 205 g/mol. The summed E-state index contributed by atoms with van der Waals surface area (Å²) in [5, 5.41) is 0. The summed E-state index contributed by atoms with van der Waals surface area (Å²) in [7, 11) is 0. The van der Waals surface area contributed by atoms with Gasteiger partial charge in [0.15, 0.2) is 0 Å². The van der Waals surface area contributed by atoms with E-state index in [1.165, 1.54) is 25.7 Å². The molecular weight excluding hydrogens is 182 g/mol. The van der Waals surface area contributed by atoms with Gasteiger partial charge in [0.25, 0.3) is 0 Å². The van der Waals surface area contributed by atoms with E-state index < -0.39 is 5.92 Å². The van der Waals surface area contributed by atoms with Crippen LogP contribution in [0.4, 0.5) is 8.78 Å². The quantitative estimate of drug-likeness (QED) is 0.465. The minimum absolute atomic E-state index is 0.0475. The summed E-state index contributed by atoms with van der Waals surface area (Å²) in [4.78, 5) is 0. The highest BCUT2D eigenvalue weighted by molar-refractivity contribution is 4.57. The van der Waals surface area contributed by atoms with Crippen molar-refractivity contribution in [3.8, 4) is 0 Å². The van der Waals surface area contributed by atoms with Gasteiger partial charge in [0.2, 0.25) is 5.92 Å². The normalized spacial score (nSPS) is 12.0. The smallest absolute Gasteiger partial charge is 0.207 e. The molecule has 0 bridgehead atoms. The van der Waals surface area contributed by atoms with Gasteiger partial charge >= 0.3 is 0 Å². The number of hydrogen-bond donors (Lipinski definition) is 0. The summed E-state index contributed by atoms with van der Waals surface area (Å²) in [5.74, 6) is -2.46. The van der Waals surface area contributed by atoms with Crippen LogP contribution in [0.1, 0.15) is 64.7 Å². The van der Waals surface area contributed by atoms with E-state index >= 15 is 0 Å². The molecule has 0 heterocycles. The Bertz CT molecular complexity index is 116. The molecule has 0 saturated heterocycles. The van der Waals surface area contributed by atoms with Crippen molar-refractivity contribution >= 4 is 0 Å². The Hall–Kier alpha value is -0.140. The Kier molecular flexibility index (Phi) is 8.11. The van der Waals surface area contributed by atoms with E-state index in [0.717, 1.165) is 26.2 Å². The molecule has 0 atom stereocenters. The molecule has 0 spiro atoms. The lowest BCUT2D eigenvalue weighted by molar-refractivity contribution is 0.0103. The summed E-state index contributed by atoms with van der Waals surface area (Å²) in [6, 6.07) is 0. The molecule has 0 nitrogen and oxygen atoms in total. The zero-order valence-corrected chi connectivity index (χ0v) is 9.33. The molecule has 0 aromatic heterocycles. The van der Waals surface area contributed by atoms with Crippen molar-refractivity contribution in [2.45, 2.75) is 70.6 Å². The Morgan fingerprint density at radius 2 is 1.29 bits per heavy atom. The predicted molar refractivity (Wildman–Crippen MR) is 57.5 cm³/mol. The monoisotopic (exact) mass is 205 g/mol. The summed E-state index contributed by atoms with van der Waals surface area (Å²) >= 11 is 0. The molecule has 0 aliphatic rings. The second-order valence-corrected chi connectivity index (χ2v) is 4.15. The van der Waals surface area contributed by atoms with E-state index in [1.54, 1.807) is 0 Å². The van der Waals surface area contributed by atoms with Gasteiger partial charge in [-0.15, -0.1) is 0 Å².